The summed E-state index contributed by atoms with van der Waals surface area (Å²) in [7, 11) is 3.48. The Kier molecular flexibility index (Phi) is 2.87. The lowest BCUT2D eigenvalue weighted by Crippen LogP contribution is -2.26. The maximum absolute atomic E-state index is 11.7. The molecule has 0 unspecified atom stereocenters. The number of amides is 1. The van der Waals surface area contributed by atoms with E-state index < -0.39 is 0 Å². The van der Waals surface area contributed by atoms with Gasteiger partial charge >= 0.3 is 0 Å². The standard InChI is InChI=1S/C11H17N5O/c1-5-15-9-6-12-16(7-10(17)14(3)4)11(9)8(2)13-15/h6H,5,7H2,1-4H3. The number of hydrogen-bond donors (Lipinski definition) is 0. The summed E-state index contributed by atoms with van der Waals surface area (Å²) in [4.78, 5) is 13.2. The zero-order chi connectivity index (χ0) is 12.6. The second kappa shape index (κ2) is 4.20. The first-order chi connectivity index (χ1) is 8.04. The first-order valence-corrected chi connectivity index (χ1v) is 5.63. The Bertz CT molecular complexity index is 551. The van der Waals surface area contributed by atoms with Gasteiger partial charge in [-0.2, -0.15) is 10.2 Å². The average Bonchev–Trinajstić information content (AvgIpc) is 2.81. The summed E-state index contributed by atoms with van der Waals surface area (Å²) in [5.41, 5.74) is 2.84. The van der Waals surface area contributed by atoms with Gasteiger partial charge in [0.1, 0.15) is 17.6 Å². The number of fused-ring (bicyclic) bond motifs is 1. The summed E-state index contributed by atoms with van der Waals surface area (Å²) in [5, 5.41) is 8.67. The molecular weight excluding hydrogens is 218 g/mol. The fraction of sp³-hybridized carbons (Fsp3) is 0.545. The zero-order valence-electron chi connectivity index (χ0n) is 10.6. The third kappa shape index (κ3) is 1.90. The predicted molar refractivity (Wildman–Crippen MR) is 64.6 cm³/mol. The molecule has 0 aliphatic heterocycles. The van der Waals surface area contributed by atoms with Crippen molar-refractivity contribution in [2.75, 3.05) is 14.1 Å². The van der Waals surface area contributed by atoms with E-state index in [1.165, 1.54) is 0 Å². The van der Waals surface area contributed by atoms with Crippen molar-refractivity contribution in [1.29, 1.82) is 0 Å². The second-order valence-corrected chi connectivity index (χ2v) is 4.23. The van der Waals surface area contributed by atoms with Gasteiger partial charge in [-0.1, -0.05) is 0 Å². The predicted octanol–water partition coefficient (Wildman–Crippen LogP) is 0.649. The van der Waals surface area contributed by atoms with Crippen LogP contribution in [0, 0.1) is 6.92 Å². The number of aryl methyl sites for hydroxylation is 2. The smallest absolute Gasteiger partial charge is 0.243 e. The average molecular weight is 235 g/mol. The SMILES string of the molecule is CCn1nc(C)c2c1cnn2CC(=O)N(C)C. The fourth-order valence-electron chi connectivity index (χ4n) is 1.85. The third-order valence-corrected chi connectivity index (χ3v) is 2.79. The Morgan fingerprint density at radius 1 is 1.41 bits per heavy atom. The summed E-state index contributed by atoms with van der Waals surface area (Å²) in [6.07, 6.45) is 1.77. The molecule has 17 heavy (non-hydrogen) atoms. The molecule has 6 nitrogen and oxygen atoms in total. The molecule has 6 heteroatoms. The van der Waals surface area contributed by atoms with Crippen LogP contribution in [0.4, 0.5) is 0 Å². The Hall–Kier alpha value is -1.85. The maximum Gasteiger partial charge on any atom is 0.243 e. The van der Waals surface area contributed by atoms with E-state index in [-0.39, 0.29) is 12.5 Å². The molecule has 0 N–H and O–H groups in total. The summed E-state index contributed by atoms with van der Waals surface area (Å²) >= 11 is 0. The van der Waals surface area contributed by atoms with Crippen LogP contribution in [-0.4, -0.2) is 44.5 Å². The maximum atomic E-state index is 11.7. The molecule has 2 aromatic rings. The van der Waals surface area contributed by atoms with Gasteiger partial charge in [0.15, 0.2) is 0 Å². The summed E-state index contributed by atoms with van der Waals surface area (Å²) in [6, 6.07) is 0. The quantitative estimate of drug-likeness (QED) is 0.785. The number of nitrogens with zero attached hydrogens (tertiary/aromatic N) is 5. The minimum absolute atomic E-state index is 0.0265. The van der Waals surface area contributed by atoms with Gasteiger partial charge in [-0.25, -0.2) is 0 Å². The summed E-state index contributed by atoms with van der Waals surface area (Å²) in [5.74, 6) is 0.0265. The number of likely N-dealkylation sites (N-methyl/N-ethyl adjacent to an activating group) is 1. The van der Waals surface area contributed by atoms with E-state index in [4.69, 9.17) is 0 Å². The molecular formula is C11H17N5O. The molecule has 0 saturated heterocycles. The molecule has 92 valence electrons. The Morgan fingerprint density at radius 2 is 2.12 bits per heavy atom. The van der Waals surface area contributed by atoms with Gasteiger partial charge in [-0.3, -0.25) is 14.2 Å². The highest BCUT2D eigenvalue weighted by molar-refractivity contribution is 5.81. The van der Waals surface area contributed by atoms with Gasteiger partial charge < -0.3 is 4.90 Å². The van der Waals surface area contributed by atoms with Gasteiger partial charge in [0.05, 0.1) is 11.9 Å². The van der Waals surface area contributed by atoms with Crippen LogP contribution < -0.4 is 0 Å². The molecule has 0 bridgehead atoms. The molecule has 2 heterocycles. The van der Waals surface area contributed by atoms with Crippen LogP contribution in [-0.2, 0) is 17.9 Å². The van der Waals surface area contributed by atoms with Crippen LogP contribution in [0.2, 0.25) is 0 Å². The molecule has 2 rings (SSSR count). The van der Waals surface area contributed by atoms with Crippen molar-refractivity contribution in [2.45, 2.75) is 26.9 Å². The second-order valence-electron chi connectivity index (χ2n) is 4.23. The normalized spacial score (nSPS) is 11.1. The third-order valence-electron chi connectivity index (χ3n) is 2.79. The molecule has 0 spiro atoms. The molecule has 0 fully saturated rings. The Balaban J connectivity index is 2.42. The topological polar surface area (TPSA) is 56.0 Å². The van der Waals surface area contributed by atoms with E-state index in [1.54, 1.807) is 29.9 Å². The summed E-state index contributed by atoms with van der Waals surface area (Å²) in [6.45, 7) is 5.03. The van der Waals surface area contributed by atoms with Crippen molar-refractivity contribution in [1.82, 2.24) is 24.5 Å². The number of hydrogen-bond acceptors (Lipinski definition) is 3. The van der Waals surface area contributed by atoms with E-state index in [9.17, 15) is 4.79 Å². The molecule has 0 aliphatic rings. The highest BCUT2D eigenvalue weighted by atomic mass is 16.2. The molecule has 0 radical (unpaired) electrons. The first kappa shape index (κ1) is 11.6. The van der Waals surface area contributed by atoms with Crippen molar-refractivity contribution < 1.29 is 4.79 Å². The fourth-order valence-corrected chi connectivity index (χ4v) is 1.85. The lowest BCUT2D eigenvalue weighted by Gasteiger charge is -2.10. The lowest BCUT2D eigenvalue weighted by molar-refractivity contribution is -0.129. The number of carbonyl (C=O) groups is 1. The zero-order valence-corrected chi connectivity index (χ0v) is 10.6. The van der Waals surface area contributed by atoms with E-state index in [0.29, 0.717) is 0 Å². The van der Waals surface area contributed by atoms with Crippen molar-refractivity contribution in [3.8, 4) is 0 Å². The van der Waals surface area contributed by atoms with Crippen LogP contribution >= 0.6 is 0 Å². The minimum Gasteiger partial charge on any atom is -0.347 e. The van der Waals surface area contributed by atoms with E-state index in [1.807, 2.05) is 18.5 Å². The van der Waals surface area contributed by atoms with E-state index in [0.717, 1.165) is 23.3 Å². The Labute approximate surface area is 99.8 Å². The van der Waals surface area contributed by atoms with Crippen molar-refractivity contribution >= 4 is 16.9 Å². The molecule has 0 aliphatic carbocycles. The number of rotatable bonds is 3. The molecule has 0 aromatic carbocycles. The molecule has 2 aromatic heterocycles. The van der Waals surface area contributed by atoms with Gasteiger partial charge in [-0.05, 0) is 13.8 Å². The van der Waals surface area contributed by atoms with Gasteiger partial charge in [-0.15, -0.1) is 0 Å². The molecule has 1 amide bonds. The Morgan fingerprint density at radius 3 is 2.71 bits per heavy atom. The first-order valence-electron chi connectivity index (χ1n) is 5.63. The van der Waals surface area contributed by atoms with Crippen LogP contribution in [0.1, 0.15) is 12.6 Å². The van der Waals surface area contributed by atoms with Crippen LogP contribution in [0.3, 0.4) is 0 Å². The lowest BCUT2D eigenvalue weighted by atomic mass is 10.4. The monoisotopic (exact) mass is 235 g/mol. The molecule has 0 saturated carbocycles. The highest BCUT2D eigenvalue weighted by Gasteiger charge is 2.15. The van der Waals surface area contributed by atoms with E-state index >= 15 is 0 Å². The largest absolute Gasteiger partial charge is 0.347 e. The van der Waals surface area contributed by atoms with Gasteiger partial charge in [0, 0.05) is 20.6 Å². The minimum atomic E-state index is 0.0265. The van der Waals surface area contributed by atoms with E-state index in [2.05, 4.69) is 10.2 Å². The van der Waals surface area contributed by atoms with Crippen LogP contribution in [0.5, 0.6) is 0 Å². The summed E-state index contributed by atoms with van der Waals surface area (Å²) < 4.78 is 3.61. The van der Waals surface area contributed by atoms with Crippen LogP contribution in [0.15, 0.2) is 6.20 Å². The van der Waals surface area contributed by atoms with Crippen LogP contribution in [0.25, 0.3) is 11.0 Å². The molecule has 0 atom stereocenters. The van der Waals surface area contributed by atoms with Crippen molar-refractivity contribution in [3.63, 3.8) is 0 Å². The van der Waals surface area contributed by atoms with Gasteiger partial charge in [0.2, 0.25) is 5.91 Å². The highest BCUT2D eigenvalue weighted by Crippen LogP contribution is 2.17. The van der Waals surface area contributed by atoms with Crippen molar-refractivity contribution in [2.24, 2.45) is 0 Å². The van der Waals surface area contributed by atoms with Crippen molar-refractivity contribution in [3.05, 3.63) is 11.9 Å². The van der Waals surface area contributed by atoms with Gasteiger partial charge in [0.25, 0.3) is 0 Å². The number of aromatic nitrogens is 4. The number of carbonyl (C=O) groups excluding carboxylic acids is 1.